The third kappa shape index (κ3) is 5.19. The Kier molecular flexibility index (Phi) is 5.68. The number of carbonyl (C=O) groups is 1. The minimum absolute atomic E-state index is 0.197. The SMILES string of the molecule is Cc1nc(SCC(=O)OC(C)(C)C)n(CC(C)C)c1C. The van der Waals surface area contributed by atoms with Gasteiger partial charge in [-0.25, -0.2) is 4.98 Å². The number of nitrogens with zero attached hydrogens (tertiary/aromatic N) is 2. The molecule has 20 heavy (non-hydrogen) atoms. The first kappa shape index (κ1) is 17.1. The third-order valence-electron chi connectivity index (χ3n) is 2.71. The zero-order chi connectivity index (χ0) is 15.5. The summed E-state index contributed by atoms with van der Waals surface area (Å²) < 4.78 is 7.51. The minimum atomic E-state index is -0.434. The predicted molar refractivity (Wildman–Crippen MR) is 83.1 cm³/mol. The van der Waals surface area contributed by atoms with E-state index in [0.29, 0.717) is 11.7 Å². The molecule has 0 saturated heterocycles. The van der Waals surface area contributed by atoms with Gasteiger partial charge in [-0.3, -0.25) is 4.79 Å². The smallest absolute Gasteiger partial charge is 0.316 e. The van der Waals surface area contributed by atoms with Gasteiger partial charge < -0.3 is 9.30 Å². The minimum Gasteiger partial charge on any atom is -0.459 e. The number of ether oxygens (including phenoxy) is 1. The van der Waals surface area contributed by atoms with Crippen LogP contribution < -0.4 is 0 Å². The molecule has 0 aliphatic rings. The molecular weight excluding hydrogens is 272 g/mol. The molecule has 1 aromatic heterocycles. The molecule has 114 valence electrons. The summed E-state index contributed by atoms with van der Waals surface area (Å²) in [5.41, 5.74) is 1.76. The lowest BCUT2D eigenvalue weighted by Crippen LogP contribution is -2.25. The Labute approximate surface area is 126 Å². The summed E-state index contributed by atoms with van der Waals surface area (Å²) in [7, 11) is 0. The van der Waals surface area contributed by atoms with Gasteiger partial charge in [0.25, 0.3) is 0 Å². The first-order chi connectivity index (χ1) is 9.10. The van der Waals surface area contributed by atoms with E-state index < -0.39 is 5.60 Å². The van der Waals surface area contributed by atoms with Crippen LogP contribution >= 0.6 is 11.8 Å². The fraction of sp³-hybridized carbons (Fsp3) is 0.733. The van der Waals surface area contributed by atoms with Crippen molar-refractivity contribution in [2.24, 2.45) is 5.92 Å². The number of aryl methyl sites for hydroxylation is 1. The van der Waals surface area contributed by atoms with Gasteiger partial charge in [0.05, 0.1) is 11.4 Å². The molecule has 0 spiro atoms. The van der Waals surface area contributed by atoms with Crippen LogP contribution in [-0.4, -0.2) is 26.9 Å². The maximum atomic E-state index is 11.8. The van der Waals surface area contributed by atoms with Crippen LogP contribution in [-0.2, 0) is 16.1 Å². The summed E-state index contributed by atoms with van der Waals surface area (Å²) in [6.07, 6.45) is 0. The average molecular weight is 298 g/mol. The average Bonchev–Trinajstić information content (AvgIpc) is 2.51. The van der Waals surface area contributed by atoms with E-state index in [1.807, 2.05) is 27.7 Å². The van der Waals surface area contributed by atoms with Gasteiger partial charge in [0.2, 0.25) is 0 Å². The molecule has 5 heteroatoms. The molecule has 1 heterocycles. The highest BCUT2D eigenvalue weighted by molar-refractivity contribution is 7.99. The molecule has 0 aliphatic heterocycles. The lowest BCUT2D eigenvalue weighted by Gasteiger charge is -2.19. The van der Waals surface area contributed by atoms with E-state index >= 15 is 0 Å². The lowest BCUT2D eigenvalue weighted by atomic mass is 10.2. The van der Waals surface area contributed by atoms with Gasteiger partial charge in [-0.2, -0.15) is 0 Å². The molecule has 0 saturated carbocycles. The highest BCUT2D eigenvalue weighted by Gasteiger charge is 2.18. The Morgan fingerprint density at radius 2 is 1.95 bits per heavy atom. The monoisotopic (exact) mass is 298 g/mol. The molecule has 0 fully saturated rings. The Morgan fingerprint density at radius 3 is 2.45 bits per heavy atom. The van der Waals surface area contributed by atoms with Gasteiger partial charge in [0, 0.05) is 12.2 Å². The van der Waals surface area contributed by atoms with Crippen LogP contribution in [0.1, 0.15) is 46.0 Å². The van der Waals surface area contributed by atoms with Crippen LogP contribution in [0.2, 0.25) is 0 Å². The van der Waals surface area contributed by atoms with Crippen molar-refractivity contribution in [2.45, 2.75) is 65.8 Å². The van der Waals surface area contributed by atoms with Crippen LogP contribution in [0.5, 0.6) is 0 Å². The van der Waals surface area contributed by atoms with Crippen molar-refractivity contribution in [3.8, 4) is 0 Å². The number of carbonyl (C=O) groups excluding carboxylic acids is 1. The van der Waals surface area contributed by atoms with Crippen molar-refractivity contribution < 1.29 is 9.53 Å². The number of hydrogen-bond donors (Lipinski definition) is 0. The number of imidazole rings is 1. The van der Waals surface area contributed by atoms with Gasteiger partial charge in [-0.1, -0.05) is 25.6 Å². The first-order valence-electron chi connectivity index (χ1n) is 6.98. The second kappa shape index (κ2) is 6.66. The topological polar surface area (TPSA) is 44.1 Å². The van der Waals surface area contributed by atoms with E-state index in [4.69, 9.17) is 4.74 Å². The normalized spacial score (nSPS) is 12.0. The fourth-order valence-electron chi connectivity index (χ4n) is 1.81. The molecule has 0 radical (unpaired) electrons. The highest BCUT2D eigenvalue weighted by Crippen LogP contribution is 2.23. The second-order valence-electron chi connectivity index (χ2n) is 6.44. The molecule has 1 rings (SSSR count). The molecule has 0 aromatic carbocycles. The maximum absolute atomic E-state index is 11.8. The first-order valence-corrected chi connectivity index (χ1v) is 7.97. The highest BCUT2D eigenvalue weighted by atomic mass is 32.2. The second-order valence-corrected chi connectivity index (χ2v) is 7.39. The summed E-state index contributed by atoms with van der Waals surface area (Å²) in [5.74, 6) is 0.644. The zero-order valence-electron chi connectivity index (χ0n) is 13.6. The van der Waals surface area contributed by atoms with Crippen LogP contribution in [0.25, 0.3) is 0 Å². The van der Waals surface area contributed by atoms with Gasteiger partial charge in [0.15, 0.2) is 5.16 Å². The summed E-state index contributed by atoms with van der Waals surface area (Å²) >= 11 is 1.45. The van der Waals surface area contributed by atoms with E-state index in [1.165, 1.54) is 17.5 Å². The fourth-order valence-corrected chi connectivity index (χ4v) is 2.68. The van der Waals surface area contributed by atoms with Crippen molar-refractivity contribution in [1.82, 2.24) is 9.55 Å². The Hall–Kier alpha value is -0.970. The van der Waals surface area contributed by atoms with Crippen molar-refractivity contribution >= 4 is 17.7 Å². The number of hydrogen-bond acceptors (Lipinski definition) is 4. The van der Waals surface area contributed by atoms with E-state index in [2.05, 4.69) is 30.3 Å². The predicted octanol–water partition coefficient (Wildman–Crippen LogP) is 3.59. The molecule has 0 N–H and O–H groups in total. The van der Waals surface area contributed by atoms with Gasteiger partial charge >= 0.3 is 5.97 Å². The number of aromatic nitrogens is 2. The number of esters is 1. The maximum Gasteiger partial charge on any atom is 0.316 e. The van der Waals surface area contributed by atoms with Gasteiger partial charge in [-0.15, -0.1) is 0 Å². The summed E-state index contributed by atoms with van der Waals surface area (Å²) in [6.45, 7) is 15.0. The molecular formula is C15H26N2O2S. The summed E-state index contributed by atoms with van der Waals surface area (Å²) in [5, 5.41) is 0.902. The molecule has 1 aromatic rings. The molecule has 0 atom stereocenters. The van der Waals surface area contributed by atoms with Crippen molar-refractivity contribution in [3.05, 3.63) is 11.4 Å². The van der Waals surface area contributed by atoms with Gasteiger partial charge in [0.1, 0.15) is 5.60 Å². The van der Waals surface area contributed by atoms with E-state index in [1.54, 1.807) is 0 Å². The van der Waals surface area contributed by atoms with E-state index in [9.17, 15) is 4.79 Å². The summed E-state index contributed by atoms with van der Waals surface area (Å²) in [4.78, 5) is 16.3. The van der Waals surface area contributed by atoms with Crippen LogP contribution in [0.3, 0.4) is 0 Å². The van der Waals surface area contributed by atoms with Gasteiger partial charge in [-0.05, 0) is 40.5 Å². The molecule has 0 unspecified atom stereocenters. The zero-order valence-corrected chi connectivity index (χ0v) is 14.4. The van der Waals surface area contributed by atoms with Crippen LogP contribution in [0.4, 0.5) is 0 Å². The largest absolute Gasteiger partial charge is 0.459 e. The molecule has 4 nitrogen and oxygen atoms in total. The summed E-state index contributed by atoms with van der Waals surface area (Å²) in [6, 6.07) is 0. The number of rotatable bonds is 5. The quantitative estimate of drug-likeness (QED) is 0.615. The van der Waals surface area contributed by atoms with E-state index in [0.717, 1.165) is 17.4 Å². The standard InChI is InChI=1S/C15H26N2O2S/c1-10(2)8-17-12(4)11(3)16-14(17)20-9-13(18)19-15(5,6)7/h10H,8-9H2,1-7H3. The van der Waals surface area contributed by atoms with E-state index in [-0.39, 0.29) is 5.97 Å². The van der Waals surface area contributed by atoms with Crippen LogP contribution in [0.15, 0.2) is 5.16 Å². The lowest BCUT2D eigenvalue weighted by molar-refractivity contribution is -0.151. The molecule has 0 amide bonds. The Morgan fingerprint density at radius 1 is 1.35 bits per heavy atom. The molecule has 0 bridgehead atoms. The van der Waals surface area contributed by atoms with Crippen molar-refractivity contribution in [3.63, 3.8) is 0 Å². The third-order valence-corrected chi connectivity index (χ3v) is 3.66. The number of thioether (sulfide) groups is 1. The van der Waals surface area contributed by atoms with Crippen molar-refractivity contribution in [1.29, 1.82) is 0 Å². The van der Waals surface area contributed by atoms with Crippen molar-refractivity contribution in [2.75, 3.05) is 5.75 Å². The Bertz CT molecular complexity index is 473. The van der Waals surface area contributed by atoms with Crippen LogP contribution in [0, 0.1) is 19.8 Å². The molecule has 0 aliphatic carbocycles. The Balaban J connectivity index is 2.73.